The second kappa shape index (κ2) is 4.50. The van der Waals surface area contributed by atoms with Crippen molar-refractivity contribution in [3.63, 3.8) is 0 Å². The Kier molecular flexibility index (Phi) is 3.34. The minimum Gasteiger partial charge on any atom is -0.497 e. The number of carbonyl (C=O) groups is 1. The maximum atomic E-state index is 11.0. The lowest BCUT2D eigenvalue weighted by atomic mass is 10.1. The number of nitrogen functional groups attached to an aromatic ring is 1. The minimum atomic E-state index is -0.304. The Labute approximate surface area is 82.6 Å². The van der Waals surface area contributed by atoms with Gasteiger partial charge in [-0.05, 0) is 11.6 Å². The summed E-state index contributed by atoms with van der Waals surface area (Å²) < 4.78 is 9.53. The lowest BCUT2D eigenvalue weighted by Gasteiger charge is -2.06. The summed E-state index contributed by atoms with van der Waals surface area (Å²) in [6.07, 6.45) is 0.187. The zero-order chi connectivity index (χ0) is 10.6. The molecule has 76 valence electrons. The van der Waals surface area contributed by atoms with Crippen molar-refractivity contribution in [3.05, 3.63) is 23.8 Å². The molecular weight excluding hydrogens is 182 g/mol. The summed E-state index contributed by atoms with van der Waals surface area (Å²) >= 11 is 0. The smallest absolute Gasteiger partial charge is 0.310 e. The molecule has 2 N–H and O–H groups in total. The molecule has 0 atom stereocenters. The van der Waals surface area contributed by atoms with E-state index in [-0.39, 0.29) is 12.4 Å². The van der Waals surface area contributed by atoms with Crippen LogP contribution in [0.15, 0.2) is 18.2 Å². The Morgan fingerprint density at radius 3 is 2.64 bits per heavy atom. The normalized spacial score (nSPS) is 9.57. The van der Waals surface area contributed by atoms with E-state index in [1.807, 2.05) is 0 Å². The molecule has 0 spiro atoms. The van der Waals surface area contributed by atoms with Gasteiger partial charge >= 0.3 is 5.97 Å². The van der Waals surface area contributed by atoms with Crippen molar-refractivity contribution < 1.29 is 14.3 Å². The fourth-order valence-corrected chi connectivity index (χ4v) is 1.09. The van der Waals surface area contributed by atoms with Crippen molar-refractivity contribution >= 4 is 11.7 Å². The number of methoxy groups -OCH3 is 2. The molecule has 0 aliphatic rings. The Hall–Kier alpha value is -1.71. The molecule has 0 saturated heterocycles. The van der Waals surface area contributed by atoms with Crippen LogP contribution in [-0.2, 0) is 16.0 Å². The Balaban J connectivity index is 2.83. The van der Waals surface area contributed by atoms with Crippen LogP contribution in [-0.4, -0.2) is 20.2 Å². The van der Waals surface area contributed by atoms with E-state index in [0.717, 1.165) is 5.56 Å². The molecule has 0 amide bonds. The van der Waals surface area contributed by atoms with Crippen LogP contribution in [0.3, 0.4) is 0 Å². The molecule has 0 aromatic heterocycles. The summed E-state index contributed by atoms with van der Waals surface area (Å²) in [5.74, 6) is 0.373. The fraction of sp³-hybridized carbons (Fsp3) is 0.300. The predicted octanol–water partition coefficient (Wildman–Crippen LogP) is 0.993. The number of hydrogen-bond donors (Lipinski definition) is 1. The summed E-state index contributed by atoms with van der Waals surface area (Å²) in [5.41, 5.74) is 7.00. The zero-order valence-electron chi connectivity index (χ0n) is 8.24. The lowest BCUT2D eigenvalue weighted by Crippen LogP contribution is -2.06. The Morgan fingerprint density at radius 1 is 1.43 bits per heavy atom. The van der Waals surface area contributed by atoms with Crippen LogP contribution in [0.1, 0.15) is 5.56 Å². The molecule has 0 aliphatic heterocycles. The molecular formula is C10H13NO3. The number of anilines is 1. The van der Waals surface area contributed by atoms with Gasteiger partial charge in [0.2, 0.25) is 0 Å². The van der Waals surface area contributed by atoms with E-state index < -0.39 is 0 Å². The number of carbonyl (C=O) groups excluding carboxylic acids is 1. The van der Waals surface area contributed by atoms with Crippen molar-refractivity contribution in [2.75, 3.05) is 20.0 Å². The van der Waals surface area contributed by atoms with Gasteiger partial charge in [0.05, 0.1) is 20.6 Å². The molecule has 1 aromatic carbocycles. The van der Waals surface area contributed by atoms with Gasteiger partial charge in [-0.15, -0.1) is 0 Å². The van der Waals surface area contributed by atoms with E-state index in [1.54, 1.807) is 25.3 Å². The van der Waals surface area contributed by atoms with Gasteiger partial charge in [-0.3, -0.25) is 4.79 Å². The molecule has 0 saturated carbocycles. The molecule has 4 nitrogen and oxygen atoms in total. The highest BCUT2D eigenvalue weighted by atomic mass is 16.5. The van der Waals surface area contributed by atoms with Crippen LogP contribution in [0.5, 0.6) is 5.75 Å². The summed E-state index contributed by atoms with van der Waals surface area (Å²) in [4.78, 5) is 11.0. The first-order valence-corrected chi connectivity index (χ1v) is 4.16. The maximum Gasteiger partial charge on any atom is 0.310 e. The van der Waals surface area contributed by atoms with Gasteiger partial charge in [0.1, 0.15) is 5.75 Å². The van der Waals surface area contributed by atoms with E-state index in [9.17, 15) is 4.79 Å². The molecule has 0 radical (unpaired) electrons. The Bertz CT molecular complexity index is 336. The quantitative estimate of drug-likeness (QED) is 0.577. The highest BCUT2D eigenvalue weighted by Crippen LogP contribution is 2.20. The number of nitrogens with two attached hydrogens (primary N) is 1. The van der Waals surface area contributed by atoms with Gasteiger partial charge in [-0.25, -0.2) is 0 Å². The average Bonchev–Trinajstić information content (AvgIpc) is 2.20. The van der Waals surface area contributed by atoms with Gasteiger partial charge in [0.25, 0.3) is 0 Å². The Morgan fingerprint density at radius 2 is 2.14 bits per heavy atom. The minimum absolute atomic E-state index is 0.187. The van der Waals surface area contributed by atoms with E-state index >= 15 is 0 Å². The number of benzene rings is 1. The lowest BCUT2D eigenvalue weighted by molar-refractivity contribution is -0.139. The second-order valence-corrected chi connectivity index (χ2v) is 2.82. The fourth-order valence-electron chi connectivity index (χ4n) is 1.09. The highest BCUT2D eigenvalue weighted by Gasteiger charge is 2.06. The van der Waals surface area contributed by atoms with Crippen molar-refractivity contribution in [2.45, 2.75) is 6.42 Å². The maximum absolute atomic E-state index is 11.0. The molecule has 0 aliphatic carbocycles. The van der Waals surface area contributed by atoms with Crippen LogP contribution < -0.4 is 10.5 Å². The largest absolute Gasteiger partial charge is 0.497 e. The van der Waals surface area contributed by atoms with Crippen LogP contribution in [0.4, 0.5) is 5.69 Å². The number of hydrogen-bond acceptors (Lipinski definition) is 4. The molecule has 0 bridgehead atoms. The van der Waals surface area contributed by atoms with Gasteiger partial charge < -0.3 is 15.2 Å². The molecule has 0 fully saturated rings. The number of ether oxygens (including phenoxy) is 2. The third-order valence-electron chi connectivity index (χ3n) is 1.92. The summed E-state index contributed by atoms with van der Waals surface area (Å²) in [7, 11) is 2.91. The van der Waals surface area contributed by atoms with E-state index in [2.05, 4.69) is 4.74 Å². The number of rotatable bonds is 3. The third-order valence-corrected chi connectivity index (χ3v) is 1.92. The SMILES string of the molecule is COC(=O)Cc1ccc(OC)cc1N. The zero-order valence-corrected chi connectivity index (χ0v) is 8.24. The number of esters is 1. The first-order valence-electron chi connectivity index (χ1n) is 4.16. The van der Waals surface area contributed by atoms with Gasteiger partial charge in [-0.2, -0.15) is 0 Å². The van der Waals surface area contributed by atoms with Gasteiger partial charge in [0, 0.05) is 11.8 Å². The van der Waals surface area contributed by atoms with Gasteiger partial charge in [0.15, 0.2) is 0 Å². The summed E-state index contributed by atoms with van der Waals surface area (Å²) in [6, 6.07) is 5.19. The van der Waals surface area contributed by atoms with Crippen LogP contribution in [0.25, 0.3) is 0 Å². The van der Waals surface area contributed by atoms with Crippen molar-refractivity contribution in [1.82, 2.24) is 0 Å². The van der Waals surface area contributed by atoms with Crippen molar-refractivity contribution in [1.29, 1.82) is 0 Å². The summed E-state index contributed by atoms with van der Waals surface area (Å²) in [6.45, 7) is 0. The highest BCUT2D eigenvalue weighted by molar-refractivity contribution is 5.75. The summed E-state index contributed by atoms with van der Waals surface area (Å²) in [5, 5.41) is 0. The van der Waals surface area contributed by atoms with Crippen LogP contribution in [0.2, 0.25) is 0 Å². The first kappa shape index (κ1) is 10.4. The topological polar surface area (TPSA) is 61.5 Å². The van der Waals surface area contributed by atoms with E-state index in [0.29, 0.717) is 11.4 Å². The molecule has 1 rings (SSSR count). The van der Waals surface area contributed by atoms with E-state index in [4.69, 9.17) is 10.5 Å². The average molecular weight is 195 g/mol. The predicted molar refractivity (Wildman–Crippen MR) is 53.1 cm³/mol. The molecule has 0 heterocycles. The van der Waals surface area contributed by atoms with Gasteiger partial charge in [-0.1, -0.05) is 6.07 Å². The third kappa shape index (κ3) is 2.39. The first-order chi connectivity index (χ1) is 6.67. The molecule has 0 unspecified atom stereocenters. The monoisotopic (exact) mass is 195 g/mol. The van der Waals surface area contributed by atoms with Crippen molar-refractivity contribution in [2.24, 2.45) is 0 Å². The molecule has 1 aromatic rings. The molecule has 14 heavy (non-hydrogen) atoms. The standard InChI is InChI=1S/C10H13NO3/c1-13-8-4-3-7(9(11)6-8)5-10(12)14-2/h3-4,6H,5,11H2,1-2H3. The van der Waals surface area contributed by atoms with E-state index in [1.165, 1.54) is 7.11 Å². The van der Waals surface area contributed by atoms with Crippen LogP contribution >= 0.6 is 0 Å². The molecule has 4 heteroatoms. The van der Waals surface area contributed by atoms with Crippen LogP contribution in [0, 0.1) is 0 Å². The van der Waals surface area contributed by atoms with Crippen molar-refractivity contribution in [3.8, 4) is 5.75 Å². The second-order valence-electron chi connectivity index (χ2n) is 2.82.